The highest BCUT2D eigenvalue weighted by atomic mass is 31.2. The van der Waals surface area contributed by atoms with Crippen LogP contribution in [0.4, 0.5) is 0 Å². The van der Waals surface area contributed by atoms with E-state index >= 15 is 0 Å². The van der Waals surface area contributed by atoms with Gasteiger partial charge in [-0.05, 0) is 70.6 Å². The Hall–Kier alpha value is -2.86. The van der Waals surface area contributed by atoms with Gasteiger partial charge in [0.15, 0.2) is 6.10 Å². The highest BCUT2D eigenvalue weighted by molar-refractivity contribution is 7.47. The first-order chi connectivity index (χ1) is 30.5. The maximum atomic E-state index is 13.0. The van der Waals surface area contributed by atoms with Crippen LogP contribution < -0.4 is 0 Å². The Kier molecular flexibility index (Phi) is 32.7. The summed E-state index contributed by atoms with van der Waals surface area (Å²) in [6, 6.07) is 0. The van der Waals surface area contributed by atoms with Crippen LogP contribution in [0.5, 0.6) is 0 Å². The van der Waals surface area contributed by atoms with Gasteiger partial charge in [0.2, 0.25) is 0 Å². The summed E-state index contributed by atoms with van der Waals surface area (Å²) >= 11 is 0. The van der Waals surface area contributed by atoms with E-state index in [-0.39, 0.29) is 12.8 Å². The Morgan fingerprint density at radius 2 is 1.09 bits per heavy atom. The molecule has 0 aromatic rings. The third-order valence-electron chi connectivity index (χ3n) is 9.59. The molecule has 64 heavy (non-hydrogen) atoms. The second-order valence-corrected chi connectivity index (χ2v) is 17.8. The summed E-state index contributed by atoms with van der Waals surface area (Å²) in [5, 5.41) is 50.7. The molecular formula is C45H74O17P2. The third-order valence-corrected chi connectivity index (χ3v) is 11.1. The predicted molar refractivity (Wildman–Crippen MR) is 242 cm³/mol. The second kappa shape index (κ2) is 35.3. The van der Waals surface area contributed by atoms with Crippen molar-refractivity contribution in [2.45, 2.75) is 172 Å². The van der Waals surface area contributed by atoms with Crippen LogP contribution in [0.2, 0.25) is 0 Å². The number of hydrogen-bond acceptors (Lipinski definition) is 14. The number of hydrogen-bond donors (Lipinski definition) is 8. The second-order valence-electron chi connectivity index (χ2n) is 15.2. The first-order valence-electron chi connectivity index (χ1n) is 22.2. The zero-order valence-electron chi connectivity index (χ0n) is 37.3. The lowest BCUT2D eigenvalue weighted by Crippen LogP contribution is -2.64. The van der Waals surface area contributed by atoms with Crippen molar-refractivity contribution in [1.82, 2.24) is 0 Å². The molecule has 1 saturated carbocycles. The number of carbonyl (C=O) groups is 2. The first-order valence-corrected chi connectivity index (χ1v) is 25.3. The molecule has 0 heterocycles. The van der Waals surface area contributed by atoms with E-state index in [0.29, 0.717) is 32.1 Å². The predicted octanol–water partition coefficient (Wildman–Crippen LogP) is 6.80. The number of esters is 2. The van der Waals surface area contributed by atoms with Gasteiger partial charge in [0, 0.05) is 12.8 Å². The molecule has 5 unspecified atom stereocenters. The van der Waals surface area contributed by atoms with Crippen LogP contribution in [0.15, 0.2) is 85.1 Å². The van der Waals surface area contributed by atoms with Crippen LogP contribution in [-0.2, 0) is 41.8 Å². The van der Waals surface area contributed by atoms with E-state index in [1.165, 1.54) is 0 Å². The normalized spacial score (nSPS) is 23.1. The molecule has 1 fully saturated rings. The third kappa shape index (κ3) is 29.6. The molecule has 0 aliphatic heterocycles. The lowest BCUT2D eigenvalue weighted by Gasteiger charge is -2.43. The van der Waals surface area contributed by atoms with Crippen molar-refractivity contribution < 1.29 is 82.0 Å². The van der Waals surface area contributed by atoms with Gasteiger partial charge >= 0.3 is 27.6 Å². The molecule has 0 aromatic heterocycles. The molecule has 0 saturated heterocycles. The minimum atomic E-state index is -5.38. The van der Waals surface area contributed by atoms with E-state index in [1.807, 2.05) is 55.5 Å². The largest absolute Gasteiger partial charge is 0.472 e. The van der Waals surface area contributed by atoms with Gasteiger partial charge in [0.1, 0.15) is 43.2 Å². The Labute approximate surface area is 378 Å². The Bertz CT molecular complexity index is 1590. The molecule has 0 aromatic carbocycles. The number of phosphoric acid groups is 2. The first kappa shape index (κ1) is 59.2. The van der Waals surface area contributed by atoms with Gasteiger partial charge in [-0.15, -0.1) is 0 Å². The SMILES string of the molecule is CCC/C=C\C/C=C\CCCCCCCC(=O)OC[C@H](COP(=O)(O)O[C@H]1C(O)C(O)C(O)[C@@H](OP(=O)(O)O)C1O)OC(=O)CCC/C=C\C/C=C\C/C=C\C/C=C\C=C\[C@H](O)CC. The van der Waals surface area contributed by atoms with Crippen molar-refractivity contribution in [3.8, 4) is 0 Å². The number of carbonyl (C=O) groups excluding carboxylic acids is 2. The van der Waals surface area contributed by atoms with Crippen LogP contribution in [0.3, 0.4) is 0 Å². The number of allylic oxidation sites excluding steroid dienone is 13. The molecule has 8 N–H and O–H groups in total. The lowest BCUT2D eigenvalue weighted by molar-refractivity contribution is -0.216. The van der Waals surface area contributed by atoms with Gasteiger partial charge in [-0.25, -0.2) is 9.13 Å². The molecular weight excluding hydrogens is 874 g/mol. The van der Waals surface area contributed by atoms with Crippen LogP contribution >= 0.6 is 15.6 Å². The Balaban J connectivity index is 2.69. The van der Waals surface area contributed by atoms with Crippen molar-refractivity contribution in [1.29, 1.82) is 0 Å². The summed E-state index contributed by atoms with van der Waals surface area (Å²) in [5.74, 6) is -1.32. The number of unbranched alkanes of at least 4 members (excludes halogenated alkanes) is 7. The lowest BCUT2D eigenvalue weighted by atomic mass is 9.85. The summed E-state index contributed by atoms with van der Waals surface area (Å²) in [6.07, 6.45) is 25.1. The number of ether oxygens (including phenoxy) is 2. The van der Waals surface area contributed by atoms with Crippen LogP contribution in [0, 0.1) is 0 Å². The van der Waals surface area contributed by atoms with E-state index in [0.717, 1.165) is 64.2 Å². The van der Waals surface area contributed by atoms with E-state index < -0.39 is 89.6 Å². The van der Waals surface area contributed by atoms with Gasteiger partial charge in [0.05, 0.1) is 12.7 Å². The molecule has 1 rings (SSSR count). The van der Waals surface area contributed by atoms with E-state index in [4.69, 9.17) is 28.3 Å². The molecule has 17 nitrogen and oxygen atoms in total. The zero-order valence-corrected chi connectivity index (χ0v) is 39.1. The standard InChI is InChI=1S/C45H74O17P2/c1-3-5-6-7-8-9-10-13-17-20-23-26-29-32-38(47)58-34-37(35-59-64(56,57)62-45-42(51)40(49)41(50)44(43(45)52)61-63(53,54)55)60-39(48)33-30-27-24-21-18-15-12-11-14-16-19-22-25-28-31-36(46)4-2/h6-7,9-10,12,14-16,21-22,24-25,28,31,36-37,40-46,49-52H,3-5,8,11,13,17-20,23,26-27,29-30,32-35H2,1-2H3,(H,56,57)(H2,53,54,55)/b7-6-,10-9-,15-12-,16-14-,24-21-,25-22-,31-28+/t36-,37-,40?,41?,42?,43?,44-,45+/m1/s1. The summed E-state index contributed by atoms with van der Waals surface area (Å²) in [4.78, 5) is 54.1. The maximum Gasteiger partial charge on any atom is 0.472 e. The molecule has 0 bridgehead atoms. The summed E-state index contributed by atoms with van der Waals surface area (Å²) in [7, 11) is -10.7. The summed E-state index contributed by atoms with van der Waals surface area (Å²) in [6.45, 7) is 2.63. The van der Waals surface area contributed by atoms with Gasteiger partial charge < -0.3 is 49.7 Å². The van der Waals surface area contributed by atoms with Crippen LogP contribution in [0.25, 0.3) is 0 Å². The fourth-order valence-corrected chi connectivity index (χ4v) is 7.53. The Morgan fingerprint density at radius 3 is 1.69 bits per heavy atom. The maximum absolute atomic E-state index is 13.0. The van der Waals surface area contributed by atoms with E-state index in [9.17, 15) is 49.1 Å². The minimum absolute atomic E-state index is 0.0560. The highest BCUT2D eigenvalue weighted by Crippen LogP contribution is 2.49. The zero-order chi connectivity index (χ0) is 47.6. The van der Waals surface area contributed by atoms with Gasteiger partial charge in [-0.3, -0.25) is 23.2 Å². The number of aliphatic hydroxyl groups excluding tert-OH is 5. The summed E-state index contributed by atoms with van der Waals surface area (Å²) < 4.78 is 49.2. The topological polar surface area (TPSA) is 276 Å². The molecule has 19 heteroatoms. The van der Waals surface area contributed by atoms with Crippen molar-refractivity contribution in [3.63, 3.8) is 0 Å². The summed E-state index contributed by atoms with van der Waals surface area (Å²) in [5.41, 5.74) is 0. The fraction of sp³-hybridized carbons (Fsp3) is 0.644. The number of phosphoric ester groups is 2. The Morgan fingerprint density at radius 1 is 0.578 bits per heavy atom. The molecule has 1 aliphatic carbocycles. The smallest absolute Gasteiger partial charge is 0.462 e. The van der Waals surface area contributed by atoms with Crippen LogP contribution in [-0.4, -0.2) is 114 Å². The number of rotatable bonds is 35. The van der Waals surface area contributed by atoms with Crippen molar-refractivity contribution in [3.05, 3.63) is 85.1 Å². The van der Waals surface area contributed by atoms with Gasteiger partial charge in [-0.1, -0.05) is 125 Å². The average Bonchev–Trinajstić information content (AvgIpc) is 3.25. The van der Waals surface area contributed by atoms with Crippen molar-refractivity contribution in [2.75, 3.05) is 13.2 Å². The quantitative estimate of drug-likeness (QED) is 0.0107. The van der Waals surface area contributed by atoms with Gasteiger partial charge in [-0.2, -0.15) is 0 Å². The minimum Gasteiger partial charge on any atom is -0.462 e. The fourth-order valence-electron chi connectivity index (χ4n) is 5.99. The molecule has 0 amide bonds. The number of aliphatic hydroxyl groups is 5. The molecule has 1 aliphatic rings. The molecule has 9 atom stereocenters. The molecule has 0 radical (unpaired) electrons. The molecule has 366 valence electrons. The highest BCUT2D eigenvalue weighted by Gasteiger charge is 2.54. The van der Waals surface area contributed by atoms with Gasteiger partial charge in [0.25, 0.3) is 0 Å². The molecule has 0 spiro atoms. The van der Waals surface area contributed by atoms with E-state index in [2.05, 4.69) is 41.8 Å². The van der Waals surface area contributed by atoms with Crippen molar-refractivity contribution >= 4 is 27.6 Å². The monoisotopic (exact) mass is 948 g/mol. The van der Waals surface area contributed by atoms with Crippen LogP contribution in [0.1, 0.15) is 123 Å². The average molecular weight is 949 g/mol. The van der Waals surface area contributed by atoms with Crippen molar-refractivity contribution in [2.24, 2.45) is 0 Å². The van der Waals surface area contributed by atoms with E-state index in [1.54, 1.807) is 6.08 Å².